The molecule has 0 bridgehead atoms. The van der Waals surface area contributed by atoms with E-state index in [1.165, 1.54) is 11.0 Å². The fraction of sp³-hybridized carbons (Fsp3) is 0.222. The van der Waals surface area contributed by atoms with Gasteiger partial charge in [0.05, 0.1) is 11.6 Å². The SMILES string of the molecule is CBc1ccc(C#N)cc1C. The Morgan fingerprint density at radius 1 is 1.45 bits per heavy atom. The van der Waals surface area contributed by atoms with Crippen molar-refractivity contribution < 1.29 is 0 Å². The molecule has 0 aliphatic heterocycles. The summed E-state index contributed by atoms with van der Waals surface area (Å²) < 4.78 is 0. The van der Waals surface area contributed by atoms with E-state index >= 15 is 0 Å². The number of nitriles is 1. The Balaban J connectivity index is 3.12. The monoisotopic (exact) mass is 143 g/mol. The molecule has 1 rings (SSSR count). The maximum atomic E-state index is 8.58. The van der Waals surface area contributed by atoms with Gasteiger partial charge in [-0.2, -0.15) is 5.26 Å². The highest BCUT2D eigenvalue weighted by Gasteiger charge is 1.96. The van der Waals surface area contributed by atoms with Crippen molar-refractivity contribution in [2.45, 2.75) is 13.7 Å². The van der Waals surface area contributed by atoms with Gasteiger partial charge in [0, 0.05) is 0 Å². The van der Waals surface area contributed by atoms with Gasteiger partial charge in [-0.25, -0.2) is 0 Å². The molecular formula is C9H10BN. The summed E-state index contributed by atoms with van der Waals surface area (Å²) in [6.07, 6.45) is 0. The van der Waals surface area contributed by atoms with Gasteiger partial charge >= 0.3 is 0 Å². The summed E-state index contributed by atoms with van der Waals surface area (Å²) in [5.74, 6) is 0. The van der Waals surface area contributed by atoms with Gasteiger partial charge in [0.25, 0.3) is 0 Å². The van der Waals surface area contributed by atoms with Gasteiger partial charge in [0.2, 0.25) is 0 Å². The second-order valence-corrected chi connectivity index (χ2v) is 2.61. The van der Waals surface area contributed by atoms with Crippen molar-refractivity contribution in [1.82, 2.24) is 0 Å². The van der Waals surface area contributed by atoms with E-state index in [0.717, 1.165) is 12.8 Å². The first-order valence-corrected chi connectivity index (χ1v) is 3.77. The molecule has 0 spiro atoms. The summed E-state index contributed by atoms with van der Waals surface area (Å²) in [5, 5.41) is 8.58. The van der Waals surface area contributed by atoms with Crippen molar-refractivity contribution >= 4 is 12.7 Å². The Labute approximate surface area is 67.9 Å². The van der Waals surface area contributed by atoms with E-state index in [0.29, 0.717) is 0 Å². The first-order chi connectivity index (χ1) is 5.27. The lowest BCUT2D eigenvalue weighted by atomic mass is 9.71. The van der Waals surface area contributed by atoms with Crippen LogP contribution in [0, 0.1) is 18.3 Å². The van der Waals surface area contributed by atoms with Crippen LogP contribution < -0.4 is 5.46 Å². The van der Waals surface area contributed by atoms with Crippen LogP contribution >= 0.6 is 0 Å². The predicted octanol–water partition coefficient (Wildman–Crippen LogP) is 0.977. The van der Waals surface area contributed by atoms with Gasteiger partial charge in [0.15, 0.2) is 7.28 Å². The molecule has 2 heteroatoms. The molecule has 0 aliphatic rings. The smallest absolute Gasteiger partial charge is 0.154 e. The van der Waals surface area contributed by atoms with Gasteiger partial charge in [-0.1, -0.05) is 23.9 Å². The third kappa shape index (κ3) is 1.62. The maximum absolute atomic E-state index is 8.58. The van der Waals surface area contributed by atoms with E-state index in [-0.39, 0.29) is 0 Å². The molecule has 1 aromatic carbocycles. The van der Waals surface area contributed by atoms with Gasteiger partial charge in [-0.05, 0) is 19.1 Å². The average molecular weight is 143 g/mol. The molecule has 0 fully saturated rings. The van der Waals surface area contributed by atoms with Crippen molar-refractivity contribution in [2.24, 2.45) is 0 Å². The van der Waals surface area contributed by atoms with E-state index in [1.807, 2.05) is 25.1 Å². The van der Waals surface area contributed by atoms with E-state index in [4.69, 9.17) is 5.26 Å². The van der Waals surface area contributed by atoms with Crippen molar-refractivity contribution in [2.75, 3.05) is 0 Å². The van der Waals surface area contributed by atoms with Crippen molar-refractivity contribution in [3.63, 3.8) is 0 Å². The molecule has 0 atom stereocenters. The summed E-state index contributed by atoms with van der Waals surface area (Å²) in [6.45, 7) is 4.16. The van der Waals surface area contributed by atoms with E-state index in [9.17, 15) is 0 Å². The predicted molar refractivity (Wildman–Crippen MR) is 48.5 cm³/mol. The molecule has 0 aliphatic carbocycles. The summed E-state index contributed by atoms with van der Waals surface area (Å²) in [5.41, 5.74) is 3.29. The largest absolute Gasteiger partial charge is 0.192 e. The first-order valence-electron chi connectivity index (χ1n) is 3.77. The molecule has 1 nitrogen and oxygen atoms in total. The molecule has 54 valence electrons. The summed E-state index contributed by atoms with van der Waals surface area (Å²) >= 11 is 0. The lowest BCUT2D eigenvalue weighted by molar-refractivity contribution is 1.44. The normalized spacial score (nSPS) is 8.82. The van der Waals surface area contributed by atoms with Crippen LogP contribution in [0.2, 0.25) is 6.82 Å². The Hall–Kier alpha value is -1.23. The van der Waals surface area contributed by atoms with Crippen LogP contribution in [0.1, 0.15) is 11.1 Å². The molecule has 1 aromatic rings. The van der Waals surface area contributed by atoms with E-state index in [1.54, 1.807) is 0 Å². The lowest BCUT2D eigenvalue weighted by Crippen LogP contribution is -2.13. The molecule has 0 N–H and O–H groups in total. The van der Waals surface area contributed by atoms with Crippen LogP contribution in [0.5, 0.6) is 0 Å². The van der Waals surface area contributed by atoms with Crippen LogP contribution in [0.3, 0.4) is 0 Å². The second-order valence-electron chi connectivity index (χ2n) is 2.61. The van der Waals surface area contributed by atoms with E-state index in [2.05, 4.69) is 12.9 Å². The molecule has 0 aromatic heterocycles. The quantitative estimate of drug-likeness (QED) is 0.537. The molecule has 0 saturated heterocycles. The number of nitrogens with zero attached hydrogens (tertiary/aromatic N) is 1. The van der Waals surface area contributed by atoms with Crippen molar-refractivity contribution in [3.8, 4) is 6.07 Å². The summed E-state index contributed by atoms with van der Waals surface area (Å²) in [4.78, 5) is 0. The highest BCUT2D eigenvalue weighted by molar-refractivity contribution is 6.52. The number of rotatable bonds is 1. The Bertz CT molecular complexity index is 299. The average Bonchev–Trinajstić information content (AvgIpc) is 2.04. The van der Waals surface area contributed by atoms with Crippen LogP contribution in [0.4, 0.5) is 0 Å². The molecular weight excluding hydrogens is 133 g/mol. The fourth-order valence-electron chi connectivity index (χ4n) is 1.16. The fourth-order valence-corrected chi connectivity index (χ4v) is 1.16. The molecule has 0 heterocycles. The molecule has 0 amide bonds. The van der Waals surface area contributed by atoms with Crippen molar-refractivity contribution in [1.29, 1.82) is 5.26 Å². The molecule has 0 radical (unpaired) electrons. The number of aryl methyl sites for hydroxylation is 1. The minimum absolute atomic E-state index is 0.750. The number of hydrogen-bond acceptors (Lipinski definition) is 1. The molecule has 11 heavy (non-hydrogen) atoms. The van der Waals surface area contributed by atoms with Crippen molar-refractivity contribution in [3.05, 3.63) is 29.3 Å². The zero-order valence-electron chi connectivity index (χ0n) is 6.89. The van der Waals surface area contributed by atoms with Gasteiger partial charge in [0.1, 0.15) is 0 Å². The third-order valence-electron chi connectivity index (χ3n) is 1.85. The minimum Gasteiger partial charge on any atom is -0.192 e. The van der Waals surface area contributed by atoms with Gasteiger partial charge in [-0.15, -0.1) is 0 Å². The van der Waals surface area contributed by atoms with Crippen LogP contribution in [0.15, 0.2) is 18.2 Å². The van der Waals surface area contributed by atoms with Gasteiger partial charge < -0.3 is 0 Å². The second kappa shape index (κ2) is 3.25. The third-order valence-corrected chi connectivity index (χ3v) is 1.85. The van der Waals surface area contributed by atoms with E-state index < -0.39 is 0 Å². The van der Waals surface area contributed by atoms with Crippen LogP contribution in [-0.2, 0) is 0 Å². The highest BCUT2D eigenvalue weighted by atomic mass is 14.2. The standard InChI is InChI=1S/C9H10BN/c1-7-5-8(6-11)3-4-9(7)10-2/h3-5,10H,1-2H3. The van der Waals surface area contributed by atoms with Crippen LogP contribution in [-0.4, -0.2) is 7.28 Å². The van der Waals surface area contributed by atoms with Crippen LogP contribution in [0.25, 0.3) is 0 Å². The molecule has 0 unspecified atom stereocenters. The number of hydrogen-bond donors (Lipinski definition) is 0. The zero-order valence-corrected chi connectivity index (χ0v) is 6.89. The first kappa shape index (κ1) is 7.88. The lowest BCUT2D eigenvalue weighted by Gasteiger charge is -2.00. The summed E-state index contributed by atoms with van der Waals surface area (Å²) in [7, 11) is 1.04. The highest BCUT2D eigenvalue weighted by Crippen LogP contribution is 1.99. The Kier molecular flexibility index (Phi) is 2.33. The number of benzene rings is 1. The molecule has 0 saturated carbocycles. The summed E-state index contributed by atoms with van der Waals surface area (Å²) in [6, 6.07) is 7.94. The van der Waals surface area contributed by atoms with Gasteiger partial charge in [-0.3, -0.25) is 0 Å². The zero-order chi connectivity index (χ0) is 8.27. The maximum Gasteiger partial charge on any atom is 0.154 e. The minimum atomic E-state index is 0.750. The Morgan fingerprint density at radius 3 is 2.64 bits per heavy atom. The topological polar surface area (TPSA) is 23.8 Å². The Morgan fingerprint density at radius 2 is 2.18 bits per heavy atom.